The smallest absolute Gasteiger partial charge is 0.410 e. The fraction of sp³-hybridized carbons (Fsp3) is 0.724. The molecular formula is C29H46N2O5. The zero-order valence-corrected chi connectivity index (χ0v) is 22.4. The van der Waals surface area contributed by atoms with Crippen LogP contribution < -0.4 is 5.32 Å². The highest BCUT2D eigenvalue weighted by Gasteiger charge is 2.42. The summed E-state index contributed by atoms with van der Waals surface area (Å²) in [6.07, 6.45) is 13.9. The summed E-state index contributed by atoms with van der Waals surface area (Å²) in [5.41, 5.74) is 0.465. The number of nitrogens with zero attached hydrogens (tertiary/aromatic N) is 1. The third-order valence-electron chi connectivity index (χ3n) is 7.19. The summed E-state index contributed by atoms with van der Waals surface area (Å²) in [5, 5.41) is 13.2. The fourth-order valence-corrected chi connectivity index (χ4v) is 5.49. The predicted octanol–water partition coefficient (Wildman–Crippen LogP) is 5.91. The molecule has 4 rings (SSSR count). The molecule has 3 fully saturated rings. The first-order chi connectivity index (χ1) is 17.2. The number of carbonyl (C=O) groups is 2. The lowest BCUT2D eigenvalue weighted by Gasteiger charge is -2.30. The van der Waals surface area contributed by atoms with Crippen molar-refractivity contribution >= 4 is 12.1 Å². The van der Waals surface area contributed by atoms with Crippen LogP contribution in [0.5, 0.6) is 0 Å². The molecule has 1 unspecified atom stereocenters. The van der Waals surface area contributed by atoms with E-state index < -0.39 is 23.7 Å². The molecule has 0 bridgehead atoms. The Morgan fingerprint density at radius 1 is 0.944 bits per heavy atom. The normalized spacial score (nSPS) is 23.6. The van der Waals surface area contributed by atoms with E-state index in [9.17, 15) is 14.7 Å². The van der Waals surface area contributed by atoms with E-state index in [4.69, 9.17) is 9.47 Å². The van der Waals surface area contributed by atoms with Crippen molar-refractivity contribution in [2.45, 2.75) is 128 Å². The maximum absolute atomic E-state index is 12.2. The topological polar surface area (TPSA) is 88.1 Å². The van der Waals surface area contributed by atoms with Crippen molar-refractivity contribution in [1.82, 2.24) is 10.2 Å². The van der Waals surface area contributed by atoms with E-state index in [1.165, 1.54) is 69.1 Å². The largest absolute Gasteiger partial charge is 0.480 e. The summed E-state index contributed by atoms with van der Waals surface area (Å²) in [4.78, 5) is 24.9. The molecule has 1 aromatic rings. The lowest BCUT2D eigenvalue weighted by molar-refractivity contribution is -0.142. The average molecular weight is 503 g/mol. The summed E-state index contributed by atoms with van der Waals surface area (Å²) in [5.74, 6) is -1.04. The van der Waals surface area contributed by atoms with Crippen molar-refractivity contribution in [2.24, 2.45) is 0 Å². The van der Waals surface area contributed by atoms with Crippen LogP contribution >= 0.6 is 0 Å². The minimum absolute atomic E-state index is 0.118. The van der Waals surface area contributed by atoms with E-state index in [0.29, 0.717) is 0 Å². The van der Waals surface area contributed by atoms with E-state index in [1.54, 1.807) is 0 Å². The van der Waals surface area contributed by atoms with Crippen molar-refractivity contribution in [3.8, 4) is 0 Å². The first kappa shape index (κ1) is 28.5. The molecule has 202 valence electrons. The van der Waals surface area contributed by atoms with Crippen LogP contribution in [0.25, 0.3) is 0 Å². The number of carboxylic acid groups (broad SMARTS) is 1. The van der Waals surface area contributed by atoms with E-state index in [1.807, 2.05) is 51.1 Å². The SMILES string of the molecule is C1CCC(NC2CCCCC2)CC1.CC(C)(C)OC1C[C@@H](C(=O)O)N(C(=O)OCc2ccccc2)C1. The zero-order chi connectivity index (χ0) is 26.0. The second kappa shape index (κ2) is 14.0. The average Bonchev–Trinajstić information content (AvgIpc) is 3.28. The molecule has 2 aliphatic carbocycles. The number of nitrogens with one attached hydrogen (secondary N) is 1. The number of amides is 1. The highest BCUT2D eigenvalue weighted by Crippen LogP contribution is 2.26. The van der Waals surface area contributed by atoms with Gasteiger partial charge < -0.3 is 19.9 Å². The number of likely N-dealkylation sites (tertiary alicyclic amines) is 1. The highest BCUT2D eigenvalue weighted by molar-refractivity contribution is 5.80. The van der Waals surface area contributed by atoms with Crippen LogP contribution in [-0.4, -0.2) is 58.4 Å². The van der Waals surface area contributed by atoms with Gasteiger partial charge in [-0.15, -0.1) is 0 Å². The standard InChI is InChI=1S/C17H23NO5.C12H23N/c1-17(2,3)23-13-9-14(15(19)20)18(10-13)16(21)22-11-12-7-5-4-6-8-12;1-3-7-11(8-4-1)13-12-9-5-2-6-10-12/h4-8,13-14H,9-11H2,1-3H3,(H,19,20);11-13H,1-10H2/t13?,14-;/m0./s1. The van der Waals surface area contributed by atoms with Gasteiger partial charge in [-0.2, -0.15) is 0 Å². The van der Waals surface area contributed by atoms with Crippen LogP contribution in [0.1, 0.15) is 97.0 Å². The molecular weight excluding hydrogens is 456 g/mol. The van der Waals surface area contributed by atoms with Gasteiger partial charge >= 0.3 is 12.1 Å². The number of hydrogen-bond acceptors (Lipinski definition) is 5. The number of carbonyl (C=O) groups excluding carboxylic acids is 1. The minimum Gasteiger partial charge on any atom is -0.480 e. The summed E-state index contributed by atoms with van der Waals surface area (Å²) in [6, 6.07) is 10.1. The summed E-state index contributed by atoms with van der Waals surface area (Å²) >= 11 is 0. The second-order valence-corrected chi connectivity index (χ2v) is 11.5. The molecule has 7 nitrogen and oxygen atoms in total. The van der Waals surface area contributed by atoms with Gasteiger partial charge in [0, 0.05) is 18.5 Å². The van der Waals surface area contributed by atoms with Crippen LogP contribution in [0.3, 0.4) is 0 Å². The monoisotopic (exact) mass is 502 g/mol. The van der Waals surface area contributed by atoms with Crippen molar-refractivity contribution in [1.29, 1.82) is 0 Å². The molecule has 3 aliphatic rings. The molecule has 2 N–H and O–H groups in total. The molecule has 1 aliphatic heterocycles. The molecule has 0 aromatic heterocycles. The molecule has 36 heavy (non-hydrogen) atoms. The van der Waals surface area contributed by atoms with Gasteiger partial charge in [-0.3, -0.25) is 4.90 Å². The van der Waals surface area contributed by atoms with Gasteiger partial charge in [-0.1, -0.05) is 68.9 Å². The van der Waals surface area contributed by atoms with Crippen molar-refractivity contribution < 1.29 is 24.2 Å². The maximum Gasteiger partial charge on any atom is 0.410 e. The summed E-state index contributed by atoms with van der Waals surface area (Å²) in [6.45, 7) is 6.05. The van der Waals surface area contributed by atoms with E-state index >= 15 is 0 Å². The van der Waals surface area contributed by atoms with Crippen molar-refractivity contribution in [3.05, 3.63) is 35.9 Å². The Bertz CT molecular complexity index is 782. The molecule has 1 amide bonds. The van der Waals surface area contributed by atoms with Crippen LogP contribution in [-0.2, 0) is 20.9 Å². The highest BCUT2D eigenvalue weighted by atomic mass is 16.6. The van der Waals surface area contributed by atoms with Gasteiger partial charge in [-0.25, -0.2) is 9.59 Å². The van der Waals surface area contributed by atoms with Gasteiger partial charge in [0.25, 0.3) is 0 Å². The number of ether oxygens (including phenoxy) is 2. The number of rotatable bonds is 6. The quantitative estimate of drug-likeness (QED) is 0.503. The molecule has 7 heteroatoms. The fourth-order valence-electron chi connectivity index (χ4n) is 5.49. The Balaban J connectivity index is 0.000000233. The zero-order valence-electron chi connectivity index (χ0n) is 22.4. The Morgan fingerprint density at radius 3 is 2.00 bits per heavy atom. The first-order valence-electron chi connectivity index (χ1n) is 13.9. The molecule has 1 aromatic carbocycles. The van der Waals surface area contributed by atoms with Crippen LogP contribution in [0, 0.1) is 0 Å². The molecule has 0 spiro atoms. The van der Waals surface area contributed by atoms with Gasteiger partial charge in [0.05, 0.1) is 18.2 Å². The van der Waals surface area contributed by atoms with E-state index in [2.05, 4.69) is 5.32 Å². The van der Waals surface area contributed by atoms with Crippen LogP contribution in [0.2, 0.25) is 0 Å². The van der Waals surface area contributed by atoms with Crippen molar-refractivity contribution in [3.63, 3.8) is 0 Å². The van der Waals surface area contributed by atoms with Crippen LogP contribution in [0.4, 0.5) is 4.79 Å². The Kier molecular flexibility index (Phi) is 11.1. The first-order valence-corrected chi connectivity index (χ1v) is 13.9. The molecule has 1 heterocycles. The lowest BCUT2D eigenvalue weighted by Crippen LogP contribution is -2.41. The maximum atomic E-state index is 12.2. The number of benzene rings is 1. The second-order valence-electron chi connectivity index (χ2n) is 11.5. The third kappa shape index (κ3) is 9.74. The molecule has 2 saturated carbocycles. The van der Waals surface area contributed by atoms with Gasteiger partial charge in [-0.05, 0) is 52.0 Å². The van der Waals surface area contributed by atoms with Crippen molar-refractivity contribution in [2.75, 3.05) is 6.54 Å². The minimum atomic E-state index is -1.04. The van der Waals surface area contributed by atoms with Crippen LogP contribution in [0.15, 0.2) is 30.3 Å². The number of carboxylic acids is 1. The Morgan fingerprint density at radius 2 is 1.50 bits per heavy atom. The van der Waals surface area contributed by atoms with E-state index in [-0.39, 0.29) is 25.7 Å². The van der Waals surface area contributed by atoms with E-state index in [0.717, 1.165) is 17.6 Å². The van der Waals surface area contributed by atoms with Gasteiger partial charge in [0.2, 0.25) is 0 Å². The summed E-state index contributed by atoms with van der Waals surface area (Å²) in [7, 11) is 0. The lowest BCUT2D eigenvalue weighted by atomic mass is 9.91. The predicted molar refractivity (Wildman–Crippen MR) is 141 cm³/mol. The molecule has 1 saturated heterocycles. The molecule has 2 atom stereocenters. The Labute approximate surface area is 216 Å². The molecule has 0 radical (unpaired) electrons. The number of hydrogen-bond donors (Lipinski definition) is 2. The third-order valence-corrected chi connectivity index (χ3v) is 7.19. The van der Waals surface area contributed by atoms with Gasteiger partial charge in [0.15, 0.2) is 0 Å². The number of aliphatic carboxylic acids is 1. The van der Waals surface area contributed by atoms with Gasteiger partial charge in [0.1, 0.15) is 12.6 Å². The summed E-state index contributed by atoms with van der Waals surface area (Å²) < 4.78 is 11.0. The Hall–Kier alpha value is -2.12.